The molecule has 0 aliphatic rings. The van der Waals surface area contributed by atoms with Gasteiger partial charge in [-0.15, -0.1) is 0 Å². The van der Waals surface area contributed by atoms with Crippen LogP contribution in [0.5, 0.6) is 0 Å². The molecule has 0 fully saturated rings. The van der Waals surface area contributed by atoms with E-state index in [9.17, 15) is 8.42 Å². The van der Waals surface area contributed by atoms with E-state index in [0.29, 0.717) is 0 Å². The molecule has 0 aliphatic carbocycles. The third-order valence-electron chi connectivity index (χ3n) is 0. The summed E-state index contributed by atoms with van der Waals surface area (Å²) < 4.78 is 19.3. The Bertz CT molecular complexity index is 90.8. The number of hydrogen-bond donors (Lipinski definition) is 0. The van der Waals surface area contributed by atoms with Gasteiger partial charge in [-0.2, -0.15) is 0 Å². The van der Waals surface area contributed by atoms with Crippen molar-refractivity contribution in [2.45, 2.75) is 0 Å². The van der Waals surface area contributed by atoms with Crippen molar-refractivity contribution in [1.82, 2.24) is 0 Å². The zero-order valence-corrected chi connectivity index (χ0v) is 4.04. The highest BCUT2D eigenvalue weighted by Gasteiger charge is 1.81. The van der Waals surface area contributed by atoms with E-state index in [4.69, 9.17) is 0 Å². The van der Waals surface area contributed by atoms with Crippen LogP contribution in [-0.4, -0.2) is 22.7 Å². The fraction of sp³-hybridized carbons (Fsp3) is 0. The van der Waals surface area contributed by atoms with Crippen LogP contribution in [0.3, 0.4) is 0 Å². The molecule has 0 bridgehead atoms. The Balaban J connectivity index is 4.06. The van der Waals surface area contributed by atoms with E-state index in [1.54, 1.807) is 0 Å². The van der Waals surface area contributed by atoms with Crippen molar-refractivity contribution in [3.8, 4) is 0 Å². The van der Waals surface area contributed by atoms with Crippen LogP contribution in [0.1, 0.15) is 0 Å². The van der Waals surface area contributed by atoms with E-state index in [-0.39, 0.29) is 0 Å². The van der Waals surface area contributed by atoms with Crippen molar-refractivity contribution in [2.24, 2.45) is 0 Å². The fourth-order valence-electron chi connectivity index (χ4n) is 0. The van der Waals surface area contributed by atoms with Crippen LogP contribution in [-0.2, 0) is 9.54 Å². The minimum Gasteiger partial charge on any atom is -0.254 e. The summed E-state index contributed by atoms with van der Waals surface area (Å²) in [5.74, 6) is 0. The quantitative estimate of drug-likeness (QED) is 0.308. The largest absolute Gasteiger partial charge is 0.254 e. The smallest absolute Gasteiger partial charge is 0.240 e. The number of rotatable bonds is 0. The van der Waals surface area contributed by atoms with Gasteiger partial charge in [0, 0.05) is 0 Å². The summed E-state index contributed by atoms with van der Waals surface area (Å²) in [6.45, 7) is 0. The third-order valence-corrected chi connectivity index (χ3v) is 0. The molecule has 0 heterocycles. The SMILES string of the molecule is BS(B)(=O)=O. The van der Waals surface area contributed by atoms with Gasteiger partial charge in [0.1, 0.15) is 0 Å². The van der Waals surface area contributed by atoms with Gasteiger partial charge in [0.05, 0.1) is 9.54 Å². The van der Waals surface area contributed by atoms with Crippen molar-refractivity contribution in [3.63, 3.8) is 0 Å². The minimum absolute atomic E-state index is 1.16. The van der Waals surface area contributed by atoms with Gasteiger partial charge in [0.15, 0.2) is 0 Å². The summed E-state index contributed by atoms with van der Waals surface area (Å²) in [5.41, 5.74) is 0. The summed E-state index contributed by atoms with van der Waals surface area (Å²) in [6, 6.07) is 0. The van der Waals surface area contributed by atoms with E-state index in [1.807, 2.05) is 0 Å². The zero-order valence-electron chi connectivity index (χ0n) is 3.22. The van der Waals surface area contributed by atoms with Gasteiger partial charge in [0.2, 0.25) is 14.2 Å². The van der Waals surface area contributed by atoms with Gasteiger partial charge in [-0.3, -0.25) is 8.42 Å². The Kier molecular flexibility index (Phi) is 1.06. The molecule has 2 nitrogen and oxygen atoms in total. The predicted molar refractivity (Wildman–Crippen MR) is 26.0 cm³/mol. The van der Waals surface area contributed by atoms with E-state index in [1.165, 1.54) is 0 Å². The second-order valence-corrected chi connectivity index (χ2v) is 3.43. The first-order valence-corrected chi connectivity index (χ1v) is 3.45. The number of hydrogen-bond acceptors (Lipinski definition) is 2. The third kappa shape index (κ3) is 2770. The first-order valence-electron chi connectivity index (χ1n) is 1.15. The summed E-state index contributed by atoms with van der Waals surface area (Å²) in [4.78, 5) is 0. The Morgan fingerprint density at radius 2 is 1.20 bits per heavy atom. The van der Waals surface area contributed by atoms with Gasteiger partial charge in [0.25, 0.3) is 0 Å². The lowest BCUT2D eigenvalue weighted by molar-refractivity contribution is 0.621. The van der Waals surface area contributed by atoms with Crippen LogP contribution in [0.4, 0.5) is 0 Å². The Labute approximate surface area is 33.1 Å². The van der Waals surface area contributed by atoms with E-state index in [0.717, 1.165) is 14.2 Å². The molecule has 0 amide bonds. The molecule has 0 saturated heterocycles. The molecule has 0 aromatic carbocycles. The van der Waals surface area contributed by atoms with E-state index >= 15 is 0 Å². The van der Waals surface area contributed by atoms with Crippen LogP contribution >= 0.6 is 0 Å². The van der Waals surface area contributed by atoms with Crippen molar-refractivity contribution in [3.05, 3.63) is 0 Å². The lowest BCUT2D eigenvalue weighted by atomic mass is 10.7. The van der Waals surface area contributed by atoms with Gasteiger partial charge < -0.3 is 0 Å². The molecule has 0 spiro atoms. The first kappa shape index (κ1) is 5.08. The van der Waals surface area contributed by atoms with Crippen molar-refractivity contribution < 1.29 is 8.42 Å². The summed E-state index contributed by atoms with van der Waals surface area (Å²) in [7, 11) is -0.347. The van der Waals surface area contributed by atoms with Crippen LogP contribution in [0.15, 0.2) is 0 Å². The molecule has 0 aromatic rings. The summed E-state index contributed by atoms with van der Waals surface area (Å²) in [6.07, 6.45) is 0. The molecule has 0 aromatic heterocycles. The van der Waals surface area contributed by atoms with Gasteiger partial charge >= 0.3 is 0 Å². The van der Waals surface area contributed by atoms with Gasteiger partial charge in [-0.1, -0.05) is 0 Å². The predicted octanol–water partition coefficient (Wildman–Crippen LogP) is -2.50. The molecule has 0 N–H and O–H groups in total. The zero-order chi connectivity index (χ0) is 4.50. The highest BCUT2D eigenvalue weighted by atomic mass is 32.2. The Morgan fingerprint density at radius 1 is 1.20 bits per heavy atom. The molecule has 0 atom stereocenters. The molecular weight excluding hydrogens is 85.7 g/mol. The lowest BCUT2D eigenvalue weighted by Crippen LogP contribution is -1.92. The van der Waals surface area contributed by atoms with Crippen molar-refractivity contribution in [1.29, 1.82) is 0 Å². The normalized spacial score (nSPS) is 11.2. The average Bonchev–Trinajstić information content (AvgIpc) is 0.722. The topological polar surface area (TPSA) is 34.1 Å². The van der Waals surface area contributed by atoms with E-state index in [2.05, 4.69) is 0 Å². The molecule has 0 radical (unpaired) electrons. The molecule has 5 heteroatoms. The van der Waals surface area contributed by atoms with Crippen molar-refractivity contribution in [2.75, 3.05) is 0 Å². The maximum atomic E-state index is 9.63. The fourth-order valence-corrected chi connectivity index (χ4v) is 0. The molecule has 0 saturated carbocycles. The van der Waals surface area contributed by atoms with E-state index < -0.39 is 9.54 Å². The second kappa shape index (κ2) is 1.05. The van der Waals surface area contributed by atoms with Crippen LogP contribution in [0.25, 0.3) is 0 Å². The molecule has 0 unspecified atom stereocenters. The molecule has 5 heavy (non-hydrogen) atoms. The van der Waals surface area contributed by atoms with Crippen LogP contribution in [0, 0.1) is 0 Å². The molecular formula is H4B2O2S. The molecule has 0 rings (SSSR count). The highest BCUT2D eigenvalue weighted by Crippen LogP contribution is 1.56. The highest BCUT2D eigenvalue weighted by molar-refractivity contribution is 8.29. The maximum absolute atomic E-state index is 9.63. The van der Waals surface area contributed by atoms with Crippen LogP contribution < -0.4 is 0 Å². The van der Waals surface area contributed by atoms with Gasteiger partial charge in [-0.25, -0.2) is 0 Å². The van der Waals surface area contributed by atoms with Crippen LogP contribution in [0.2, 0.25) is 0 Å². The Morgan fingerprint density at radius 3 is 1.20 bits per heavy atom. The maximum Gasteiger partial charge on any atom is 0.240 e. The molecule has 0 aliphatic heterocycles. The molecule has 28 valence electrons. The first-order chi connectivity index (χ1) is 2.00. The summed E-state index contributed by atoms with van der Waals surface area (Å²) >= 11 is 0. The Hall–Kier alpha value is 0.0799. The average molecular weight is 89.7 g/mol. The van der Waals surface area contributed by atoms with Gasteiger partial charge in [-0.05, 0) is 0 Å². The standard InChI is InChI=1S/B2H4O2S/c1-5(2,3)4/h1-2H2. The summed E-state index contributed by atoms with van der Waals surface area (Å²) in [5, 5.41) is 0. The second-order valence-electron chi connectivity index (χ2n) is 1.14. The lowest BCUT2D eigenvalue weighted by Gasteiger charge is -1.68. The minimum atomic E-state index is -2.67. The van der Waals surface area contributed by atoms with Crippen molar-refractivity contribution >= 4 is 23.8 Å². The monoisotopic (exact) mass is 90.0 g/mol.